The molecule has 1 aromatic rings. The summed E-state index contributed by atoms with van der Waals surface area (Å²) in [6.45, 7) is 6.54. The van der Waals surface area contributed by atoms with E-state index in [2.05, 4.69) is 10.3 Å². The van der Waals surface area contributed by atoms with Crippen molar-refractivity contribution < 1.29 is 14.3 Å². The van der Waals surface area contributed by atoms with Crippen molar-refractivity contribution in [1.82, 2.24) is 14.9 Å². The van der Waals surface area contributed by atoms with Gasteiger partial charge in [0.1, 0.15) is 11.6 Å². The van der Waals surface area contributed by atoms with Crippen molar-refractivity contribution in [2.75, 3.05) is 18.9 Å². The lowest BCUT2D eigenvalue weighted by atomic mass is 10.3. The van der Waals surface area contributed by atoms with Crippen LogP contribution in [0.3, 0.4) is 0 Å². The third-order valence-electron chi connectivity index (χ3n) is 2.60. The molecule has 7 nitrogen and oxygen atoms in total. The number of rotatable bonds is 6. The molecule has 3 N–H and O–H groups in total. The number of carbonyl (C=O) groups excluding carboxylic acids is 2. The van der Waals surface area contributed by atoms with Gasteiger partial charge in [0.05, 0.1) is 6.61 Å². The van der Waals surface area contributed by atoms with Crippen molar-refractivity contribution in [3.8, 4) is 0 Å². The van der Waals surface area contributed by atoms with Crippen LogP contribution in [0.2, 0.25) is 0 Å². The van der Waals surface area contributed by atoms with Crippen molar-refractivity contribution in [1.29, 1.82) is 0 Å². The van der Waals surface area contributed by atoms with Gasteiger partial charge < -0.3 is 20.4 Å². The van der Waals surface area contributed by atoms with Crippen LogP contribution in [-0.4, -0.2) is 34.6 Å². The number of amides is 1. The molecule has 0 bridgehead atoms. The van der Waals surface area contributed by atoms with Crippen LogP contribution >= 0.6 is 0 Å². The number of nitrogens with two attached hydrogens (primary N) is 1. The van der Waals surface area contributed by atoms with E-state index < -0.39 is 5.97 Å². The molecule has 0 saturated carbocycles. The van der Waals surface area contributed by atoms with Gasteiger partial charge in [0, 0.05) is 19.5 Å². The number of aryl methyl sites for hydroxylation is 1. The highest BCUT2D eigenvalue weighted by Crippen LogP contribution is 2.15. The lowest BCUT2D eigenvalue weighted by Crippen LogP contribution is -2.24. The molecule has 0 aliphatic rings. The number of esters is 1. The zero-order valence-corrected chi connectivity index (χ0v) is 11.5. The molecule has 0 aliphatic carbocycles. The van der Waals surface area contributed by atoms with E-state index in [1.54, 1.807) is 18.4 Å². The van der Waals surface area contributed by atoms with Gasteiger partial charge in [-0.05, 0) is 20.8 Å². The first-order chi connectivity index (χ1) is 9.01. The summed E-state index contributed by atoms with van der Waals surface area (Å²) in [5, 5.41) is 2.70. The molecule has 1 heterocycles. The monoisotopic (exact) mass is 268 g/mol. The van der Waals surface area contributed by atoms with E-state index in [0.717, 1.165) is 0 Å². The number of aromatic nitrogens is 2. The Balaban J connectivity index is 2.79. The maximum Gasteiger partial charge on any atom is 0.360 e. The van der Waals surface area contributed by atoms with Gasteiger partial charge in [0.25, 0.3) is 0 Å². The third kappa shape index (κ3) is 3.70. The van der Waals surface area contributed by atoms with E-state index in [0.29, 0.717) is 18.9 Å². The summed E-state index contributed by atoms with van der Waals surface area (Å²) in [6, 6.07) is 0. The van der Waals surface area contributed by atoms with Crippen LogP contribution in [0.1, 0.15) is 36.6 Å². The van der Waals surface area contributed by atoms with E-state index in [1.807, 2.05) is 6.92 Å². The third-order valence-corrected chi connectivity index (χ3v) is 2.60. The number of hydrogen-bond donors (Lipinski definition) is 2. The number of nitrogens with zero attached hydrogens (tertiary/aromatic N) is 2. The summed E-state index contributed by atoms with van der Waals surface area (Å²) in [6.07, 6.45) is 0.289. The van der Waals surface area contributed by atoms with Crippen molar-refractivity contribution >= 4 is 17.7 Å². The number of ether oxygens (including phenoxy) is 1. The minimum absolute atomic E-state index is 0.0623. The Bertz CT molecular complexity index is 468. The molecular weight excluding hydrogens is 248 g/mol. The molecule has 0 unspecified atom stereocenters. The first-order valence-electron chi connectivity index (χ1n) is 6.27. The number of anilines is 1. The Morgan fingerprint density at radius 1 is 1.42 bits per heavy atom. The Hall–Kier alpha value is -2.05. The average molecular weight is 268 g/mol. The molecule has 1 aromatic heterocycles. The zero-order chi connectivity index (χ0) is 14.4. The molecule has 0 aromatic carbocycles. The van der Waals surface area contributed by atoms with Gasteiger partial charge in [0.2, 0.25) is 5.91 Å². The van der Waals surface area contributed by atoms with Gasteiger partial charge in [-0.1, -0.05) is 0 Å². The first kappa shape index (κ1) is 15.0. The number of carbonyl (C=O) groups is 2. The van der Waals surface area contributed by atoms with Gasteiger partial charge in [-0.2, -0.15) is 0 Å². The minimum atomic E-state index is -0.542. The van der Waals surface area contributed by atoms with Crippen LogP contribution in [0.15, 0.2) is 0 Å². The highest BCUT2D eigenvalue weighted by atomic mass is 16.5. The van der Waals surface area contributed by atoms with E-state index in [9.17, 15) is 9.59 Å². The molecular formula is C12H20N4O3. The van der Waals surface area contributed by atoms with E-state index in [1.165, 1.54) is 0 Å². The Kier molecular flexibility index (Phi) is 5.35. The van der Waals surface area contributed by atoms with Gasteiger partial charge in [-0.3, -0.25) is 4.79 Å². The van der Waals surface area contributed by atoms with Gasteiger partial charge in [-0.15, -0.1) is 0 Å². The fraction of sp³-hybridized carbons (Fsp3) is 0.583. The van der Waals surface area contributed by atoms with Crippen molar-refractivity contribution in [3.05, 3.63) is 11.5 Å². The normalized spacial score (nSPS) is 10.3. The number of hydrogen-bond acceptors (Lipinski definition) is 5. The lowest BCUT2D eigenvalue weighted by molar-refractivity contribution is -0.121. The highest BCUT2D eigenvalue weighted by molar-refractivity contribution is 5.92. The second kappa shape index (κ2) is 6.77. The van der Waals surface area contributed by atoms with Gasteiger partial charge in [-0.25, -0.2) is 9.78 Å². The van der Waals surface area contributed by atoms with Gasteiger partial charge >= 0.3 is 5.97 Å². The van der Waals surface area contributed by atoms with Crippen molar-refractivity contribution in [3.63, 3.8) is 0 Å². The van der Waals surface area contributed by atoms with Crippen LogP contribution in [0, 0.1) is 6.92 Å². The quantitative estimate of drug-likeness (QED) is 0.731. The Morgan fingerprint density at radius 3 is 2.68 bits per heavy atom. The topological polar surface area (TPSA) is 99.2 Å². The summed E-state index contributed by atoms with van der Waals surface area (Å²) < 4.78 is 6.51. The van der Waals surface area contributed by atoms with Crippen molar-refractivity contribution in [2.45, 2.75) is 33.7 Å². The maximum atomic E-state index is 11.6. The van der Waals surface area contributed by atoms with Crippen LogP contribution in [-0.2, 0) is 16.1 Å². The number of nitrogen functional groups attached to an aromatic ring is 1. The summed E-state index contributed by atoms with van der Waals surface area (Å²) in [4.78, 5) is 27.1. The van der Waals surface area contributed by atoms with Crippen LogP contribution in [0.5, 0.6) is 0 Å². The summed E-state index contributed by atoms with van der Waals surface area (Å²) in [5.41, 5.74) is 5.97. The summed E-state index contributed by atoms with van der Waals surface area (Å²) >= 11 is 0. The van der Waals surface area contributed by atoms with E-state index in [-0.39, 0.29) is 30.4 Å². The smallest absolute Gasteiger partial charge is 0.360 e. The predicted octanol–water partition coefficient (Wildman–Crippen LogP) is 0.477. The fourth-order valence-electron chi connectivity index (χ4n) is 1.71. The molecule has 19 heavy (non-hydrogen) atoms. The lowest BCUT2D eigenvalue weighted by Gasteiger charge is -2.07. The van der Waals surface area contributed by atoms with Crippen molar-refractivity contribution in [2.24, 2.45) is 0 Å². The summed E-state index contributed by atoms with van der Waals surface area (Å²) in [7, 11) is 0. The summed E-state index contributed by atoms with van der Waals surface area (Å²) in [5.74, 6) is 0.220. The average Bonchev–Trinajstić information content (AvgIpc) is 2.63. The standard InChI is InChI=1S/C12H20N4O3/c1-4-14-9(17)6-7-16-8(3)15-10(11(16)13)12(18)19-5-2/h4-7,13H2,1-3H3,(H,14,17). The highest BCUT2D eigenvalue weighted by Gasteiger charge is 2.19. The molecule has 7 heteroatoms. The SMILES string of the molecule is CCNC(=O)CCn1c(C)nc(C(=O)OCC)c1N. The minimum Gasteiger partial charge on any atom is -0.461 e. The second-order valence-electron chi connectivity index (χ2n) is 3.97. The number of imidazole rings is 1. The molecule has 0 fully saturated rings. The number of nitrogens with one attached hydrogen (secondary N) is 1. The predicted molar refractivity (Wildman–Crippen MR) is 70.6 cm³/mol. The van der Waals surface area contributed by atoms with Gasteiger partial charge in [0.15, 0.2) is 5.69 Å². The van der Waals surface area contributed by atoms with Crippen LogP contribution in [0.25, 0.3) is 0 Å². The first-order valence-corrected chi connectivity index (χ1v) is 6.27. The molecule has 106 valence electrons. The molecule has 0 spiro atoms. The molecule has 1 rings (SSSR count). The molecule has 0 radical (unpaired) electrons. The Morgan fingerprint density at radius 2 is 2.11 bits per heavy atom. The van der Waals surface area contributed by atoms with Crippen LogP contribution < -0.4 is 11.1 Å². The van der Waals surface area contributed by atoms with E-state index in [4.69, 9.17) is 10.5 Å². The molecule has 0 saturated heterocycles. The Labute approximate surface area is 112 Å². The second-order valence-corrected chi connectivity index (χ2v) is 3.97. The molecule has 1 amide bonds. The van der Waals surface area contributed by atoms with E-state index >= 15 is 0 Å². The fourth-order valence-corrected chi connectivity index (χ4v) is 1.71. The largest absolute Gasteiger partial charge is 0.461 e. The maximum absolute atomic E-state index is 11.6. The van der Waals surface area contributed by atoms with Crippen LogP contribution in [0.4, 0.5) is 5.82 Å². The molecule has 0 atom stereocenters. The zero-order valence-electron chi connectivity index (χ0n) is 11.5. The molecule has 0 aliphatic heterocycles.